The van der Waals surface area contributed by atoms with Crippen molar-refractivity contribution in [2.24, 2.45) is 5.92 Å². The van der Waals surface area contributed by atoms with Crippen LogP contribution in [0.4, 0.5) is 0 Å². The summed E-state index contributed by atoms with van der Waals surface area (Å²) >= 11 is 0. The Kier molecular flexibility index (Phi) is 4.61. The van der Waals surface area contributed by atoms with Gasteiger partial charge in [0.25, 0.3) is 5.91 Å². The largest absolute Gasteiger partial charge is 0.493 e. The Balaban J connectivity index is 1.96. The lowest BCUT2D eigenvalue weighted by Gasteiger charge is -2.12. The lowest BCUT2D eigenvalue weighted by molar-refractivity contribution is -0.141. The third-order valence-corrected chi connectivity index (χ3v) is 3.45. The van der Waals surface area contributed by atoms with Crippen molar-refractivity contribution in [3.05, 3.63) is 29.3 Å². The molecule has 0 saturated heterocycles. The second-order valence-electron chi connectivity index (χ2n) is 4.95. The minimum atomic E-state index is -0.866. The number of carbonyl (C=O) groups is 2. The number of carbonyl (C=O) groups excluding carboxylic acids is 1. The number of ether oxygens (including phenoxy) is 1. The molecule has 1 amide bonds. The van der Waals surface area contributed by atoms with Crippen LogP contribution in [0, 0.1) is 5.92 Å². The molecule has 0 bridgehead atoms. The number of hydrogen-bond donors (Lipinski definition) is 2. The molecule has 1 atom stereocenters. The molecule has 1 unspecified atom stereocenters. The molecule has 0 radical (unpaired) electrons. The average molecular weight is 277 g/mol. The van der Waals surface area contributed by atoms with Crippen molar-refractivity contribution < 1.29 is 19.4 Å². The minimum Gasteiger partial charge on any atom is -0.493 e. The van der Waals surface area contributed by atoms with Gasteiger partial charge in [0.2, 0.25) is 0 Å². The van der Waals surface area contributed by atoms with Crippen molar-refractivity contribution in [2.45, 2.75) is 26.2 Å². The normalized spacial score (nSPS) is 14.2. The highest BCUT2D eigenvalue weighted by Gasteiger charge is 2.19. The molecule has 0 saturated carbocycles. The van der Waals surface area contributed by atoms with E-state index < -0.39 is 11.9 Å². The Morgan fingerprint density at radius 2 is 2.25 bits per heavy atom. The van der Waals surface area contributed by atoms with Gasteiger partial charge in [0, 0.05) is 18.5 Å². The van der Waals surface area contributed by atoms with Crippen LogP contribution in [0.1, 0.15) is 35.7 Å². The molecule has 1 aliphatic rings. The van der Waals surface area contributed by atoms with E-state index in [1.54, 1.807) is 12.1 Å². The molecule has 2 rings (SSSR count). The van der Waals surface area contributed by atoms with Crippen molar-refractivity contribution in [1.29, 1.82) is 0 Å². The van der Waals surface area contributed by atoms with E-state index in [0.717, 1.165) is 24.2 Å². The van der Waals surface area contributed by atoms with Crippen molar-refractivity contribution in [3.63, 3.8) is 0 Å². The maximum absolute atomic E-state index is 12.0. The second-order valence-corrected chi connectivity index (χ2v) is 4.95. The number of nitrogens with one attached hydrogen (secondary N) is 1. The van der Waals surface area contributed by atoms with E-state index in [4.69, 9.17) is 9.84 Å². The monoisotopic (exact) mass is 277 g/mol. The molecule has 0 spiro atoms. The molecule has 5 heteroatoms. The number of aliphatic carboxylic acids is 1. The van der Waals surface area contributed by atoms with Crippen LogP contribution >= 0.6 is 0 Å². The first-order valence-corrected chi connectivity index (χ1v) is 6.88. The van der Waals surface area contributed by atoms with Crippen molar-refractivity contribution in [3.8, 4) is 5.75 Å². The van der Waals surface area contributed by atoms with Crippen LogP contribution in [0.3, 0.4) is 0 Å². The van der Waals surface area contributed by atoms with Gasteiger partial charge >= 0.3 is 5.97 Å². The van der Waals surface area contributed by atoms with E-state index in [9.17, 15) is 9.59 Å². The van der Waals surface area contributed by atoms with Gasteiger partial charge in [-0.1, -0.05) is 13.3 Å². The van der Waals surface area contributed by atoms with Gasteiger partial charge in [0.1, 0.15) is 5.75 Å². The third kappa shape index (κ3) is 3.29. The fraction of sp³-hybridized carbons (Fsp3) is 0.467. The zero-order valence-corrected chi connectivity index (χ0v) is 11.5. The van der Waals surface area contributed by atoms with E-state index in [1.165, 1.54) is 0 Å². The molecule has 0 aromatic heterocycles. The first kappa shape index (κ1) is 14.4. The van der Waals surface area contributed by atoms with Gasteiger partial charge in [-0.25, -0.2) is 0 Å². The Morgan fingerprint density at radius 1 is 1.45 bits per heavy atom. The highest BCUT2D eigenvalue weighted by Crippen LogP contribution is 2.25. The average Bonchev–Trinajstić information content (AvgIpc) is 2.89. The van der Waals surface area contributed by atoms with Gasteiger partial charge in [0.15, 0.2) is 0 Å². The predicted molar refractivity (Wildman–Crippen MR) is 74.0 cm³/mol. The van der Waals surface area contributed by atoms with Gasteiger partial charge in [-0.05, 0) is 30.2 Å². The van der Waals surface area contributed by atoms with E-state index in [1.807, 2.05) is 13.0 Å². The van der Waals surface area contributed by atoms with E-state index in [0.29, 0.717) is 18.6 Å². The van der Waals surface area contributed by atoms with Crippen LogP contribution in [0.15, 0.2) is 18.2 Å². The second kappa shape index (κ2) is 6.41. The van der Waals surface area contributed by atoms with Crippen molar-refractivity contribution in [2.75, 3.05) is 13.2 Å². The highest BCUT2D eigenvalue weighted by atomic mass is 16.5. The summed E-state index contributed by atoms with van der Waals surface area (Å²) < 4.78 is 5.39. The third-order valence-electron chi connectivity index (χ3n) is 3.45. The van der Waals surface area contributed by atoms with Gasteiger partial charge < -0.3 is 15.2 Å². The lowest BCUT2D eigenvalue weighted by atomic mass is 10.0. The first-order valence-electron chi connectivity index (χ1n) is 6.88. The fourth-order valence-electron chi connectivity index (χ4n) is 2.31. The smallest absolute Gasteiger partial charge is 0.308 e. The highest BCUT2D eigenvalue weighted by molar-refractivity contribution is 5.94. The quantitative estimate of drug-likeness (QED) is 0.832. The summed E-state index contributed by atoms with van der Waals surface area (Å²) in [5.41, 5.74) is 1.58. The number of fused-ring (bicyclic) bond motifs is 1. The van der Waals surface area contributed by atoms with Crippen LogP contribution in [0.2, 0.25) is 0 Å². The standard InChI is InChI=1S/C15H19NO4/c1-2-3-12(15(18)19)9-16-14(17)11-4-5-13-10(8-11)6-7-20-13/h4-5,8,12H,2-3,6-7,9H2,1H3,(H,16,17)(H,18,19). The fourth-order valence-corrected chi connectivity index (χ4v) is 2.31. The Labute approximate surface area is 117 Å². The van der Waals surface area contributed by atoms with Gasteiger partial charge in [0.05, 0.1) is 12.5 Å². The summed E-state index contributed by atoms with van der Waals surface area (Å²) in [7, 11) is 0. The van der Waals surface area contributed by atoms with Crippen LogP contribution in [-0.4, -0.2) is 30.1 Å². The van der Waals surface area contributed by atoms with E-state index in [-0.39, 0.29) is 12.5 Å². The summed E-state index contributed by atoms with van der Waals surface area (Å²) in [6.07, 6.45) is 2.15. The number of amides is 1. The molecule has 1 aliphatic heterocycles. The molecule has 108 valence electrons. The molecule has 20 heavy (non-hydrogen) atoms. The van der Waals surface area contributed by atoms with Crippen LogP contribution in [-0.2, 0) is 11.2 Å². The number of rotatable bonds is 6. The van der Waals surface area contributed by atoms with Crippen LogP contribution in [0.25, 0.3) is 0 Å². The molecular weight excluding hydrogens is 258 g/mol. The molecule has 0 fully saturated rings. The van der Waals surface area contributed by atoms with E-state index in [2.05, 4.69) is 5.32 Å². The summed E-state index contributed by atoms with van der Waals surface area (Å²) in [6.45, 7) is 2.74. The number of carboxylic acids is 1. The Hall–Kier alpha value is -2.04. The maximum Gasteiger partial charge on any atom is 0.308 e. The zero-order valence-electron chi connectivity index (χ0n) is 11.5. The molecule has 0 aliphatic carbocycles. The molecular formula is C15H19NO4. The van der Waals surface area contributed by atoms with Crippen molar-refractivity contribution in [1.82, 2.24) is 5.32 Å². The van der Waals surface area contributed by atoms with Crippen LogP contribution < -0.4 is 10.1 Å². The predicted octanol–water partition coefficient (Wildman–Crippen LogP) is 1.85. The number of benzene rings is 1. The number of hydrogen-bond acceptors (Lipinski definition) is 3. The van der Waals surface area contributed by atoms with Crippen molar-refractivity contribution >= 4 is 11.9 Å². The summed E-state index contributed by atoms with van der Waals surface area (Å²) in [5, 5.41) is 11.7. The topological polar surface area (TPSA) is 75.6 Å². The van der Waals surface area contributed by atoms with Crippen LogP contribution in [0.5, 0.6) is 5.75 Å². The molecule has 5 nitrogen and oxygen atoms in total. The molecule has 1 aromatic rings. The first-order chi connectivity index (χ1) is 9.61. The SMILES string of the molecule is CCCC(CNC(=O)c1ccc2c(c1)CCO2)C(=O)O. The minimum absolute atomic E-state index is 0.162. The number of carboxylic acid groups (broad SMARTS) is 1. The van der Waals surface area contributed by atoms with Gasteiger partial charge in [-0.15, -0.1) is 0 Å². The zero-order chi connectivity index (χ0) is 14.5. The van der Waals surface area contributed by atoms with Gasteiger partial charge in [-0.3, -0.25) is 9.59 Å². The summed E-state index contributed by atoms with van der Waals surface area (Å²) in [4.78, 5) is 23.1. The molecule has 2 N–H and O–H groups in total. The summed E-state index contributed by atoms with van der Waals surface area (Å²) in [6, 6.07) is 5.31. The maximum atomic E-state index is 12.0. The Morgan fingerprint density at radius 3 is 2.95 bits per heavy atom. The lowest BCUT2D eigenvalue weighted by Crippen LogP contribution is -2.32. The summed E-state index contributed by atoms with van der Waals surface area (Å²) in [5.74, 6) is -0.797. The van der Waals surface area contributed by atoms with Gasteiger partial charge in [-0.2, -0.15) is 0 Å². The van der Waals surface area contributed by atoms with E-state index >= 15 is 0 Å². The Bertz CT molecular complexity index is 513. The molecule has 1 aromatic carbocycles. The molecule has 1 heterocycles.